The first-order valence-corrected chi connectivity index (χ1v) is 14.5. The minimum absolute atomic E-state index is 0.0141. The summed E-state index contributed by atoms with van der Waals surface area (Å²) in [5, 5.41) is 10.6. The molecule has 3 heterocycles. The largest absolute Gasteiger partial charge is 0.494 e. The highest BCUT2D eigenvalue weighted by molar-refractivity contribution is 6.02. The number of nitrogens with one attached hydrogen (secondary N) is 2. The summed E-state index contributed by atoms with van der Waals surface area (Å²) in [6.45, 7) is 9.65. The zero-order valence-corrected chi connectivity index (χ0v) is 24.6. The van der Waals surface area contributed by atoms with E-state index in [1.54, 1.807) is 7.11 Å². The van der Waals surface area contributed by atoms with Gasteiger partial charge >= 0.3 is 0 Å². The lowest BCUT2D eigenvalue weighted by atomic mass is 10.0. The van der Waals surface area contributed by atoms with Crippen LogP contribution in [0, 0.1) is 0 Å². The quantitative estimate of drug-likeness (QED) is 0.243. The predicted octanol–water partition coefficient (Wildman–Crippen LogP) is 6.00. The lowest BCUT2D eigenvalue weighted by Gasteiger charge is -2.38. The summed E-state index contributed by atoms with van der Waals surface area (Å²) in [6, 6.07) is 20.5. The molecule has 2 aliphatic rings. The summed E-state index contributed by atoms with van der Waals surface area (Å²) in [6.07, 6.45) is 3.69. The Balaban J connectivity index is 1.30. The first-order valence-electron chi connectivity index (χ1n) is 14.5. The van der Waals surface area contributed by atoms with E-state index in [9.17, 15) is 4.79 Å². The molecule has 2 N–H and O–H groups in total. The van der Waals surface area contributed by atoms with E-state index in [-0.39, 0.29) is 24.2 Å². The molecule has 10 heteroatoms. The van der Waals surface area contributed by atoms with Crippen molar-refractivity contribution in [2.24, 2.45) is 0 Å². The smallest absolute Gasteiger partial charge is 0.247 e. The number of carbonyl (C=O) groups excluding carboxylic acids is 1. The fourth-order valence-corrected chi connectivity index (χ4v) is 5.84. The van der Waals surface area contributed by atoms with Crippen molar-refractivity contribution in [3.63, 3.8) is 0 Å². The Morgan fingerprint density at radius 1 is 1.02 bits per heavy atom. The summed E-state index contributed by atoms with van der Waals surface area (Å²) in [5.74, 6) is 1.49. The number of ether oxygens (including phenoxy) is 2. The summed E-state index contributed by atoms with van der Waals surface area (Å²) in [4.78, 5) is 29.7. The van der Waals surface area contributed by atoms with Gasteiger partial charge in [0.25, 0.3) is 0 Å². The van der Waals surface area contributed by atoms with Crippen LogP contribution in [0.5, 0.6) is 5.75 Å². The van der Waals surface area contributed by atoms with Crippen molar-refractivity contribution >= 4 is 45.4 Å². The molecule has 2 fully saturated rings. The third kappa shape index (κ3) is 6.11. The number of rotatable bonds is 8. The fourth-order valence-electron chi connectivity index (χ4n) is 5.84. The highest BCUT2D eigenvalue weighted by atomic mass is 16.7. The highest BCUT2D eigenvalue weighted by Gasteiger charge is 2.30. The van der Waals surface area contributed by atoms with Gasteiger partial charge in [0.2, 0.25) is 5.91 Å². The SMILES string of the molecule is C=CC(=O)Nc1cc(Nc2cc(N3OCCC3c3ccc4ccccc4c3)ncn2)c(OC)cc1N1C[C@H](C)O[C@@H](C)C1. The first-order chi connectivity index (χ1) is 20.9. The van der Waals surface area contributed by atoms with E-state index in [1.165, 1.54) is 23.2 Å². The Labute approximate surface area is 251 Å². The van der Waals surface area contributed by atoms with Gasteiger partial charge in [-0.3, -0.25) is 9.63 Å². The number of methoxy groups -OCH3 is 1. The van der Waals surface area contributed by atoms with Crippen molar-refractivity contribution in [1.29, 1.82) is 0 Å². The van der Waals surface area contributed by atoms with Gasteiger partial charge in [-0.2, -0.15) is 0 Å². The predicted molar refractivity (Wildman–Crippen MR) is 169 cm³/mol. The molecule has 1 amide bonds. The van der Waals surface area contributed by atoms with Gasteiger partial charge in [0.05, 0.1) is 49.0 Å². The van der Waals surface area contributed by atoms with Crippen LogP contribution in [-0.4, -0.2) is 54.9 Å². The topological polar surface area (TPSA) is 101 Å². The van der Waals surface area contributed by atoms with Gasteiger partial charge in [0.15, 0.2) is 5.82 Å². The number of hydrogen-bond acceptors (Lipinski definition) is 9. The molecule has 222 valence electrons. The molecule has 43 heavy (non-hydrogen) atoms. The fraction of sp³-hybridized carbons (Fsp3) is 0.303. The van der Waals surface area contributed by atoms with Crippen LogP contribution in [-0.2, 0) is 14.4 Å². The van der Waals surface area contributed by atoms with Crippen LogP contribution in [0.25, 0.3) is 10.8 Å². The molecule has 6 rings (SSSR count). The lowest BCUT2D eigenvalue weighted by molar-refractivity contribution is -0.111. The van der Waals surface area contributed by atoms with Gasteiger partial charge in [-0.1, -0.05) is 43.0 Å². The van der Waals surface area contributed by atoms with Crippen LogP contribution in [0.1, 0.15) is 31.9 Å². The molecular weight excluding hydrogens is 544 g/mol. The van der Waals surface area contributed by atoms with Gasteiger partial charge < -0.3 is 25.0 Å². The minimum atomic E-state index is -0.304. The number of anilines is 5. The van der Waals surface area contributed by atoms with Crippen LogP contribution >= 0.6 is 0 Å². The molecule has 0 bridgehead atoms. The van der Waals surface area contributed by atoms with Crippen LogP contribution in [0.2, 0.25) is 0 Å². The number of carbonyl (C=O) groups is 1. The van der Waals surface area contributed by atoms with E-state index in [2.05, 4.69) is 68.5 Å². The van der Waals surface area contributed by atoms with E-state index in [4.69, 9.17) is 14.3 Å². The first kappa shape index (κ1) is 28.4. The molecule has 1 aromatic heterocycles. The van der Waals surface area contributed by atoms with Crippen molar-refractivity contribution in [3.05, 3.63) is 85.2 Å². The molecule has 0 radical (unpaired) electrons. The number of morpholine rings is 1. The van der Waals surface area contributed by atoms with Gasteiger partial charge in [0, 0.05) is 31.6 Å². The number of amides is 1. The van der Waals surface area contributed by atoms with E-state index in [0.29, 0.717) is 48.5 Å². The van der Waals surface area contributed by atoms with Crippen LogP contribution in [0.15, 0.2) is 79.6 Å². The third-order valence-electron chi connectivity index (χ3n) is 7.73. The molecule has 0 spiro atoms. The lowest BCUT2D eigenvalue weighted by Crippen LogP contribution is -2.45. The molecule has 0 aliphatic carbocycles. The van der Waals surface area contributed by atoms with Gasteiger partial charge in [-0.25, -0.2) is 15.0 Å². The van der Waals surface area contributed by atoms with Crippen LogP contribution < -0.4 is 25.3 Å². The molecule has 1 unspecified atom stereocenters. The second kappa shape index (κ2) is 12.3. The van der Waals surface area contributed by atoms with Crippen molar-refractivity contribution in [2.75, 3.05) is 47.4 Å². The molecular formula is C33H36N6O4. The molecule has 10 nitrogen and oxygen atoms in total. The molecule has 3 aromatic carbocycles. The zero-order valence-electron chi connectivity index (χ0n) is 24.6. The molecule has 0 saturated carbocycles. The van der Waals surface area contributed by atoms with Gasteiger partial charge in [-0.05, 0) is 48.4 Å². The van der Waals surface area contributed by atoms with Crippen LogP contribution in [0.4, 0.5) is 28.7 Å². The average Bonchev–Trinajstić information content (AvgIpc) is 3.51. The van der Waals surface area contributed by atoms with Crippen molar-refractivity contribution in [1.82, 2.24) is 9.97 Å². The molecule has 4 aromatic rings. The maximum absolute atomic E-state index is 12.4. The zero-order chi connectivity index (χ0) is 29.9. The third-order valence-corrected chi connectivity index (χ3v) is 7.73. The monoisotopic (exact) mass is 580 g/mol. The van der Waals surface area contributed by atoms with E-state index in [1.807, 2.05) is 43.2 Å². The maximum atomic E-state index is 12.4. The van der Waals surface area contributed by atoms with Crippen LogP contribution in [0.3, 0.4) is 0 Å². The van der Waals surface area contributed by atoms with Crippen molar-refractivity contribution in [2.45, 2.75) is 38.5 Å². The minimum Gasteiger partial charge on any atom is -0.494 e. The number of fused-ring (bicyclic) bond motifs is 1. The Morgan fingerprint density at radius 2 is 1.81 bits per heavy atom. The second-order valence-corrected chi connectivity index (χ2v) is 10.9. The number of aromatic nitrogens is 2. The number of hydroxylamine groups is 1. The van der Waals surface area contributed by atoms with E-state index >= 15 is 0 Å². The molecule has 3 atom stereocenters. The summed E-state index contributed by atoms with van der Waals surface area (Å²) in [7, 11) is 1.62. The number of nitrogens with zero attached hydrogens (tertiary/aromatic N) is 4. The van der Waals surface area contributed by atoms with Crippen molar-refractivity contribution < 1.29 is 19.1 Å². The Morgan fingerprint density at radius 3 is 2.58 bits per heavy atom. The van der Waals surface area contributed by atoms with E-state index in [0.717, 1.165) is 17.7 Å². The summed E-state index contributed by atoms with van der Waals surface area (Å²) >= 11 is 0. The standard InChI is InChI=1S/C33H36N6O4/c1-5-33(40)37-26-15-27(30(41-4)16-29(26)38-18-21(2)43-22(3)19-38)36-31-17-32(35-20-34-31)39-28(12-13-42-39)25-11-10-23-8-6-7-9-24(23)14-25/h5-11,14-17,20-22,28H,1,12-13,18-19H2,2-4H3,(H,37,40)(H,34,35,36)/t21-,22-,28?/m0/s1. The van der Waals surface area contributed by atoms with Crippen molar-refractivity contribution in [3.8, 4) is 5.75 Å². The Kier molecular flexibility index (Phi) is 8.13. The number of hydrogen-bond donors (Lipinski definition) is 2. The average molecular weight is 581 g/mol. The Bertz CT molecular complexity index is 1640. The normalized spacial score (nSPS) is 20.2. The van der Waals surface area contributed by atoms with Gasteiger partial charge in [0.1, 0.15) is 17.9 Å². The highest BCUT2D eigenvalue weighted by Crippen LogP contribution is 2.40. The maximum Gasteiger partial charge on any atom is 0.247 e. The molecule has 2 saturated heterocycles. The second-order valence-electron chi connectivity index (χ2n) is 10.9. The summed E-state index contributed by atoms with van der Waals surface area (Å²) in [5.41, 5.74) is 3.27. The van der Waals surface area contributed by atoms with Gasteiger partial charge in [-0.15, -0.1) is 0 Å². The van der Waals surface area contributed by atoms with E-state index < -0.39 is 0 Å². The Hall–Kier alpha value is -4.67. The summed E-state index contributed by atoms with van der Waals surface area (Å²) < 4.78 is 11.7. The molecule has 2 aliphatic heterocycles. The number of benzene rings is 3.